The van der Waals surface area contributed by atoms with E-state index < -0.39 is 45.7 Å². The number of nitrogens with zero attached hydrogens (tertiary/aromatic N) is 2. The van der Waals surface area contributed by atoms with Crippen LogP contribution in [0.5, 0.6) is 5.75 Å². The fourth-order valence-corrected chi connectivity index (χ4v) is 5.18. The number of carbonyl (C=O) groups is 1. The molecule has 0 aliphatic heterocycles. The molecule has 1 amide bonds. The molecule has 15 heteroatoms. The van der Waals surface area contributed by atoms with E-state index in [-0.39, 0.29) is 29.5 Å². The van der Waals surface area contributed by atoms with E-state index in [0.29, 0.717) is 23.9 Å². The van der Waals surface area contributed by atoms with Crippen LogP contribution in [-0.2, 0) is 27.6 Å². The minimum absolute atomic E-state index is 0.0656. The minimum atomic E-state index is -4.76. The monoisotopic (exact) mass is 605 g/mol. The summed E-state index contributed by atoms with van der Waals surface area (Å²) in [5.74, 6) is -1.31. The Bertz CT molecular complexity index is 1640. The second kappa shape index (κ2) is 12.4. The average molecular weight is 605 g/mol. The SMILES string of the molecule is CC(C)C[C@H](NC(=O)Cn1nc(-c2ccccc2OS(=O)(=O)c2cccc(C(F)(F)F)c2)cc1-c1ccco1)B(O)O. The van der Waals surface area contributed by atoms with E-state index in [1.54, 1.807) is 18.2 Å². The molecular formula is C27H27BF3N3O7S. The largest absolute Gasteiger partial charge is 0.475 e. The third kappa shape index (κ3) is 7.41. The van der Waals surface area contributed by atoms with Gasteiger partial charge in [-0.3, -0.25) is 9.48 Å². The van der Waals surface area contributed by atoms with E-state index >= 15 is 0 Å². The Balaban J connectivity index is 1.67. The van der Waals surface area contributed by atoms with Gasteiger partial charge in [-0.25, -0.2) is 0 Å². The lowest BCUT2D eigenvalue weighted by Crippen LogP contribution is -2.48. The molecule has 0 radical (unpaired) electrons. The first-order valence-corrected chi connectivity index (χ1v) is 14.1. The number of nitrogens with one attached hydrogen (secondary N) is 1. The maximum absolute atomic E-state index is 13.2. The Kier molecular flexibility index (Phi) is 9.14. The summed E-state index contributed by atoms with van der Waals surface area (Å²) in [6, 6.07) is 13.8. The molecule has 0 saturated heterocycles. The molecule has 42 heavy (non-hydrogen) atoms. The van der Waals surface area contributed by atoms with Crippen molar-refractivity contribution in [1.29, 1.82) is 0 Å². The van der Waals surface area contributed by atoms with Crippen LogP contribution in [0.15, 0.2) is 82.3 Å². The first-order chi connectivity index (χ1) is 19.7. The van der Waals surface area contributed by atoms with Crippen molar-refractivity contribution in [2.24, 2.45) is 5.92 Å². The Morgan fingerprint density at radius 2 is 1.83 bits per heavy atom. The number of rotatable bonds is 11. The Hall–Kier alpha value is -4.08. The van der Waals surface area contributed by atoms with Gasteiger partial charge in [-0.1, -0.05) is 32.0 Å². The molecule has 10 nitrogen and oxygen atoms in total. The molecular weight excluding hydrogens is 578 g/mol. The van der Waals surface area contributed by atoms with Crippen LogP contribution in [0.25, 0.3) is 22.7 Å². The number of alkyl halides is 3. The predicted octanol–water partition coefficient (Wildman–Crippen LogP) is 4.14. The smallest absolute Gasteiger partial charge is 0.463 e. The number of carbonyl (C=O) groups excluding carboxylic acids is 1. The third-order valence-corrected chi connectivity index (χ3v) is 7.32. The highest BCUT2D eigenvalue weighted by Gasteiger charge is 2.32. The predicted molar refractivity (Wildman–Crippen MR) is 146 cm³/mol. The first kappa shape index (κ1) is 30.9. The number of benzene rings is 2. The normalized spacial score (nSPS) is 12.8. The quantitative estimate of drug-likeness (QED) is 0.171. The second-order valence-electron chi connectivity index (χ2n) is 9.83. The highest BCUT2D eigenvalue weighted by molar-refractivity contribution is 7.87. The summed E-state index contributed by atoms with van der Waals surface area (Å²) in [5.41, 5.74) is -0.469. The van der Waals surface area contributed by atoms with Crippen LogP contribution in [0.3, 0.4) is 0 Å². The summed E-state index contributed by atoms with van der Waals surface area (Å²) in [4.78, 5) is 12.2. The number of furan rings is 1. The molecule has 2 aromatic carbocycles. The van der Waals surface area contributed by atoms with E-state index in [1.165, 1.54) is 35.2 Å². The topological polar surface area (TPSA) is 144 Å². The zero-order chi connectivity index (χ0) is 30.7. The Morgan fingerprint density at radius 3 is 2.48 bits per heavy atom. The standard InChI is InChI=1S/C27H27BF3N3O7S/c1-17(2)13-25(28(36)37)32-26(35)16-34-22(24-11-6-12-40-24)15-21(33-34)20-9-3-4-10-23(20)41-42(38,39)19-8-5-7-18(14-19)27(29,30)31/h3-12,14-15,17,25,36-37H,13,16H2,1-2H3,(H,32,35)/t25-/m0/s1. The van der Waals surface area contributed by atoms with Gasteiger partial charge in [0.1, 0.15) is 17.1 Å². The summed E-state index contributed by atoms with van der Waals surface area (Å²) < 4.78 is 77.5. The molecule has 0 aliphatic carbocycles. The average Bonchev–Trinajstić information content (AvgIpc) is 3.58. The molecule has 222 valence electrons. The van der Waals surface area contributed by atoms with Gasteiger partial charge >= 0.3 is 23.4 Å². The van der Waals surface area contributed by atoms with Gasteiger partial charge in [0.15, 0.2) is 11.5 Å². The zero-order valence-corrected chi connectivity index (χ0v) is 23.3. The Morgan fingerprint density at radius 1 is 1.10 bits per heavy atom. The maximum Gasteiger partial charge on any atom is 0.475 e. The molecule has 2 heterocycles. The Labute approximate surface area is 240 Å². The third-order valence-electron chi connectivity index (χ3n) is 6.09. The summed E-state index contributed by atoms with van der Waals surface area (Å²) in [5, 5.41) is 26.4. The first-order valence-electron chi connectivity index (χ1n) is 12.7. The van der Waals surface area contributed by atoms with E-state index in [9.17, 15) is 36.4 Å². The van der Waals surface area contributed by atoms with E-state index in [0.717, 1.165) is 18.2 Å². The van der Waals surface area contributed by atoms with Crippen molar-refractivity contribution in [3.8, 4) is 28.5 Å². The second-order valence-corrected chi connectivity index (χ2v) is 11.4. The lowest BCUT2D eigenvalue weighted by atomic mass is 9.75. The molecule has 4 rings (SSSR count). The van der Waals surface area contributed by atoms with Crippen LogP contribution in [-0.4, -0.2) is 47.2 Å². The number of hydrogen-bond donors (Lipinski definition) is 3. The fourth-order valence-electron chi connectivity index (χ4n) is 4.19. The van der Waals surface area contributed by atoms with Crippen LogP contribution in [0, 0.1) is 5.92 Å². The van der Waals surface area contributed by atoms with Gasteiger partial charge in [0.2, 0.25) is 5.91 Å². The van der Waals surface area contributed by atoms with Gasteiger partial charge < -0.3 is 24.0 Å². The number of halogens is 3. The van der Waals surface area contributed by atoms with Crippen molar-refractivity contribution < 1.29 is 45.0 Å². The highest BCUT2D eigenvalue weighted by atomic mass is 32.2. The zero-order valence-electron chi connectivity index (χ0n) is 22.4. The lowest BCUT2D eigenvalue weighted by Gasteiger charge is -2.19. The van der Waals surface area contributed by atoms with Gasteiger partial charge in [0.05, 0.1) is 23.5 Å². The number of amides is 1. The molecule has 4 aromatic rings. The molecule has 3 N–H and O–H groups in total. The molecule has 0 unspecified atom stereocenters. The van der Waals surface area contributed by atoms with Crippen molar-refractivity contribution in [2.45, 2.75) is 43.8 Å². The van der Waals surface area contributed by atoms with E-state index in [4.69, 9.17) is 8.60 Å². The van der Waals surface area contributed by atoms with Crippen molar-refractivity contribution >= 4 is 23.1 Å². The van der Waals surface area contributed by atoms with Gasteiger partial charge in [-0.15, -0.1) is 0 Å². The molecule has 0 bridgehead atoms. The molecule has 0 fully saturated rings. The van der Waals surface area contributed by atoms with Crippen LogP contribution in [0.2, 0.25) is 0 Å². The molecule has 2 aromatic heterocycles. The summed E-state index contributed by atoms with van der Waals surface area (Å²) in [6.45, 7) is 3.37. The number of aromatic nitrogens is 2. The van der Waals surface area contributed by atoms with Gasteiger partial charge in [0.25, 0.3) is 0 Å². The van der Waals surface area contributed by atoms with Crippen molar-refractivity contribution in [3.63, 3.8) is 0 Å². The van der Waals surface area contributed by atoms with Crippen molar-refractivity contribution in [3.05, 3.63) is 78.6 Å². The lowest BCUT2D eigenvalue weighted by molar-refractivity contribution is -0.137. The van der Waals surface area contributed by atoms with Gasteiger partial charge in [-0.2, -0.15) is 26.7 Å². The van der Waals surface area contributed by atoms with Crippen LogP contribution < -0.4 is 9.50 Å². The van der Waals surface area contributed by atoms with Crippen LogP contribution >= 0.6 is 0 Å². The van der Waals surface area contributed by atoms with Gasteiger partial charge in [0, 0.05) is 5.56 Å². The summed E-state index contributed by atoms with van der Waals surface area (Å²) in [6.07, 6.45) is -3.04. The molecule has 0 saturated carbocycles. The van der Waals surface area contributed by atoms with Gasteiger partial charge in [-0.05, 0) is 60.9 Å². The maximum atomic E-state index is 13.2. The molecule has 0 spiro atoms. The number of hydrogen-bond acceptors (Lipinski definition) is 8. The molecule has 0 aliphatic rings. The van der Waals surface area contributed by atoms with Crippen molar-refractivity contribution in [2.75, 3.05) is 0 Å². The number of para-hydroxylation sites is 1. The van der Waals surface area contributed by atoms with Crippen molar-refractivity contribution in [1.82, 2.24) is 15.1 Å². The van der Waals surface area contributed by atoms with Crippen LogP contribution in [0.4, 0.5) is 13.2 Å². The van der Waals surface area contributed by atoms with E-state index in [2.05, 4.69) is 10.4 Å². The van der Waals surface area contributed by atoms with Crippen LogP contribution in [0.1, 0.15) is 25.8 Å². The minimum Gasteiger partial charge on any atom is -0.463 e. The summed E-state index contributed by atoms with van der Waals surface area (Å²) >= 11 is 0. The molecule has 1 atom stereocenters. The fraction of sp³-hybridized carbons (Fsp3) is 0.259. The summed E-state index contributed by atoms with van der Waals surface area (Å²) in [7, 11) is -6.47. The highest BCUT2D eigenvalue weighted by Crippen LogP contribution is 2.35. The van der Waals surface area contributed by atoms with E-state index in [1.807, 2.05) is 13.8 Å².